The number of carbonyl (C=O) groups is 1. The van der Waals surface area contributed by atoms with Gasteiger partial charge in [-0.15, -0.1) is 10.2 Å². The molecule has 0 saturated heterocycles. The highest BCUT2D eigenvalue weighted by Crippen LogP contribution is 2.21. The highest BCUT2D eigenvalue weighted by molar-refractivity contribution is 7.98. The predicted molar refractivity (Wildman–Crippen MR) is 115 cm³/mol. The molecule has 2 aromatic carbocycles. The number of nitrogens with one attached hydrogen (secondary N) is 1. The van der Waals surface area contributed by atoms with E-state index in [1.165, 1.54) is 29.0 Å². The molecular formula is C22H24N4OS. The number of amides is 1. The molecule has 0 saturated carbocycles. The summed E-state index contributed by atoms with van der Waals surface area (Å²) < 4.78 is 1.63. The van der Waals surface area contributed by atoms with Gasteiger partial charge in [-0.1, -0.05) is 80.2 Å². The Balaban J connectivity index is 1.62. The van der Waals surface area contributed by atoms with Crippen molar-refractivity contribution in [3.63, 3.8) is 0 Å². The molecule has 0 radical (unpaired) electrons. The van der Waals surface area contributed by atoms with Crippen molar-refractivity contribution in [1.82, 2.24) is 14.9 Å². The lowest BCUT2D eigenvalue weighted by Gasteiger charge is -2.08. The van der Waals surface area contributed by atoms with E-state index in [2.05, 4.69) is 53.7 Å². The molecule has 28 heavy (non-hydrogen) atoms. The van der Waals surface area contributed by atoms with E-state index in [9.17, 15) is 4.79 Å². The maximum atomic E-state index is 12.4. The molecule has 0 fully saturated rings. The molecule has 1 amide bonds. The second-order valence-electron chi connectivity index (χ2n) is 6.77. The highest BCUT2D eigenvalue weighted by Gasteiger charge is 2.11. The van der Waals surface area contributed by atoms with Crippen LogP contribution in [0.2, 0.25) is 0 Å². The lowest BCUT2D eigenvalue weighted by molar-refractivity contribution is -0.112. The van der Waals surface area contributed by atoms with Gasteiger partial charge in [0.15, 0.2) is 0 Å². The topological polar surface area (TPSA) is 59.8 Å². The third-order valence-corrected chi connectivity index (χ3v) is 5.26. The Labute approximate surface area is 169 Å². The Morgan fingerprint density at radius 3 is 2.50 bits per heavy atom. The fraction of sp³-hybridized carbons (Fsp3) is 0.227. The standard InChI is InChI=1S/C22H24N4OS/c1-16(2)20-12-9-18(10-13-20)11-14-21(27)25-26-17(3)23-24-22(26)28-15-19-7-5-4-6-8-19/h4-14,16H,15H2,1-3H3,(H,25,27). The number of nitrogens with zero attached hydrogens (tertiary/aromatic N) is 3. The third kappa shape index (κ3) is 5.33. The van der Waals surface area contributed by atoms with Crippen LogP contribution in [0.4, 0.5) is 0 Å². The molecule has 6 heteroatoms. The Morgan fingerprint density at radius 1 is 1.11 bits per heavy atom. The summed E-state index contributed by atoms with van der Waals surface area (Å²) in [7, 11) is 0. The molecule has 0 spiro atoms. The minimum absolute atomic E-state index is 0.225. The molecule has 5 nitrogen and oxygen atoms in total. The molecule has 0 bridgehead atoms. The normalized spacial score (nSPS) is 11.3. The van der Waals surface area contributed by atoms with Gasteiger partial charge in [0.1, 0.15) is 5.82 Å². The average molecular weight is 393 g/mol. The zero-order valence-corrected chi connectivity index (χ0v) is 17.1. The molecule has 0 atom stereocenters. The number of hydrogen-bond donors (Lipinski definition) is 1. The molecule has 1 heterocycles. The van der Waals surface area contributed by atoms with Crippen LogP contribution in [0.5, 0.6) is 0 Å². The van der Waals surface area contributed by atoms with Crippen molar-refractivity contribution >= 4 is 23.7 Å². The number of benzene rings is 2. The minimum atomic E-state index is -0.225. The molecule has 0 unspecified atom stereocenters. The number of hydrogen-bond acceptors (Lipinski definition) is 4. The van der Waals surface area contributed by atoms with Crippen LogP contribution in [0.1, 0.15) is 42.3 Å². The van der Waals surface area contributed by atoms with E-state index in [-0.39, 0.29) is 5.91 Å². The van der Waals surface area contributed by atoms with Gasteiger partial charge in [-0.2, -0.15) is 0 Å². The van der Waals surface area contributed by atoms with E-state index in [4.69, 9.17) is 0 Å². The molecule has 3 rings (SSSR count). The fourth-order valence-electron chi connectivity index (χ4n) is 2.60. The van der Waals surface area contributed by atoms with E-state index in [1.807, 2.05) is 37.3 Å². The summed E-state index contributed by atoms with van der Waals surface area (Å²) in [5.41, 5.74) is 6.29. The summed E-state index contributed by atoms with van der Waals surface area (Å²) in [6.45, 7) is 6.13. The molecule has 0 aliphatic carbocycles. The van der Waals surface area contributed by atoms with Crippen LogP contribution >= 0.6 is 11.8 Å². The first kappa shape index (κ1) is 19.9. The first-order chi connectivity index (χ1) is 13.5. The molecular weight excluding hydrogens is 368 g/mol. The van der Waals surface area contributed by atoms with Gasteiger partial charge in [0.25, 0.3) is 5.91 Å². The summed E-state index contributed by atoms with van der Waals surface area (Å²) in [5, 5.41) is 8.90. The van der Waals surface area contributed by atoms with Crippen molar-refractivity contribution < 1.29 is 4.79 Å². The molecule has 144 valence electrons. The van der Waals surface area contributed by atoms with E-state index >= 15 is 0 Å². The van der Waals surface area contributed by atoms with Crippen molar-refractivity contribution in [2.75, 3.05) is 5.43 Å². The van der Waals surface area contributed by atoms with Crippen LogP contribution < -0.4 is 5.43 Å². The summed E-state index contributed by atoms with van der Waals surface area (Å²) in [5.74, 6) is 1.66. The van der Waals surface area contributed by atoms with Crippen LogP contribution in [0.15, 0.2) is 65.8 Å². The maximum absolute atomic E-state index is 12.4. The van der Waals surface area contributed by atoms with Gasteiger partial charge in [0.05, 0.1) is 0 Å². The highest BCUT2D eigenvalue weighted by atomic mass is 32.2. The average Bonchev–Trinajstić information content (AvgIpc) is 3.05. The summed E-state index contributed by atoms with van der Waals surface area (Å²) >= 11 is 1.53. The number of rotatable bonds is 7. The largest absolute Gasteiger partial charge is 0.268 e. The van der Waals surface area contributed by atoms with Gasteiger partial charge in [0, 0.05) is 11.8 Å². The van der Waals surface area contributed by atoms with E-state index in [1.54, 1.807) is 10.8 Å². The summed E-state index contributed by atoms with van der Waals surface area (Å²) in [6.07, 6.45) is 3.32. The number of aromatic nitrogens is 3. The first-order valence-electron chi connectivity index (χ1n) is 9.20. The Hall–Kier alpha value is -2.86. The van der Waals surface area contributed by atoms with Crippen molar-refractivity contribution in [1.29, 1.82) is 0 Å². The van der Waals surface area contributed by atoms with Crippen molar-refractivity contribution in [2.45, 2.75) is 37.6 Å². The molecule has 0 aliphatic rings. The van der Waals surface area contributed by atoms with E-state index in [0.717, 1.165) is 11.3 Å². The second-order valence-corrected chi connectivity index (χ2v) is 7.71. The van der Waals surface area contributed by atoms with Crippen LogP contribution in [-0.2, 0) is 10.5 Å². The monoisotopic (exact) mass is 392 g/mol. The minimum Gasteiger partial charge on any atom is -0.268 e. The Kier molecular flexibility index (Phi) is 6.66. The van der Waals surface area contributed by atoms with Gasteiger partial charge in [0.2, 0.25) is 5.16 Å². The van der Waals surface area contributed by atoms with Gasteiger partial charge < -0.3 is 0 Å². The van der Waals surface area contributed by atoms with Crippen molar-refractivity contribution in [3.05, 3.63) is 83.2 Å². The Morgan fingerprint density at radius 2 is 1.82 bits per heavy atom. The smallest absolute Gasteiger partial charge is 0.262 e. The number of carbonyl (C=O) groups excluding carboxylic acids is 1. The predicted octanol–water partition coefficient (Wildman–Crippen LogP) is 4.79. The van der Waals surface area contributed by atoms with Crippen LogP contribution in [0.25, 0.3) is 6.08 Å². The third-order valence-electron chi connectivity index (χ3n) is 4.26. The van der Waals surface area contributed by atoms with Crippen LogP contribution in [-0.4, -0.2) is 20.8 Å². The molecule has 1 aromatic heterocycles. The summed E-state index contributed by atoms with van der Waals surface area (Å²) in [6, 6.07) is 18.3. The zero-order valence-electron chi connectivity index (χ0n) is 16.3. The van der Waals surface area contributed by atoms with E-state index in [0.29, 0.717) is 16.9 Å². The number of thioether (sulfide) groups is 1. The van der Waals surface area contributed by atoms with Crippen LogP contribution in [0.3, 0.4) is 0 Å². The molecule has 1 N–H and O–H groups in total. The SMILES string of the molecule is Cc1nnc(SCc2ccccc2)n1NC(=O)C=Cc1ccc(C(C)C)cc1. The Bertz CT molecular complexity index is 946. The zero-order chi connectivity index (χ0) is 19.9. The quantitative estimate of drug-likeness (QED) is 0.464. The first-order valence-corrected chi connectivity index (χ1v) is 10.2. The van der Waals surface area contributed by atoms with Crippen LogP contribution in [0, 0.1) is 6.92 Å². The lowest BCUT2D eigenvalue weighted by atomic mass is 10.0. The van der Waals surface area contributed by atoms with Gasteiger partial charge in [-0.25, -0.2) is 4.68 Å². The van der Waals surface area contributed by atoms with Crippen molar-refractivity contribution in [2.24, 2.45) is 0 Å². The van der Waals surface area contributed by atoms with Gasteiger partial charge in [-0.3, -0.25) is 10.2 Å². The lowest BCUT2D eigenvalue weighted by Crippen LogP contribution is -2.22. The molecule has 0 aliphatic heterocycles. The summed E-state index contributed by atoms with van der Waals surface area (Å²) in [4.78, 5) is 12.4. The van der Waals surface area contributed by atoms with Gasteiger partial charge in [-0.05, 0) is 35.6 Å². The second kappa shape index (κ2) is 9.37. The van der Waals surface area contributed by atoms with Crippen molar-refractivity contribution in [3.8, 4) is 0 Å². The van der Waals surface area contributed by atoms with Gasteiger partial charge >= 0.3 is 0 Å². The number of aryl methyl sites for hydroxylation is 1. The molecule has 3 aromatic rings. The van der Waals surface area contributed by atoms with E-state index < -0.39 is 0 Å². The maximum Gasteiger partial charge on any atom is 0.262 e. The fourth-order valence-corrected chi connectivity index (χ4v) is 3.49.